The van der Waals surface area contributed by atoms with Crippen LogP contribution in [0.1, 0.15) is 22.1 Å². The lowest BCUT2D eigenvalue weighted by Crippen LogP contribution is -2.47. The molecule has 2 aromatic heterocycles. The average molecular weight is 248 g/mol. The maximum absolute atomic E-state index is 10.7. The summed E-state index contributed by atoms with van der Waals surface area (Å²) in [4.78, 5) is 12.9. The molecule has 0 aliphatic carbocycles. The first kappa shape index (κ1) is 11.0. The molecule has 1 aliphatic heterocycles. The van der Waals surface area contributed by atoms with Gasteiger partial charge in [0, 0.05) is 25.2 Å². The van der Waals surface area contributed by atoms with E-state index in [1.54, 1.807) is 17.2 Å². The van der Waals surface area contributed by atoms with E-state index in [1.807, 2.05) is 6.07 Å². The van der Waals surface area contributed by atoms with Crippen molar-refractivity contribution >= 4 is 5.97 Å². The van der Waals surface area contributed by atoms with Gasteiger partial charge in [-0.05, 0) is 6.07 Å². The third kappa shape index (κ3) is 2.00. The second-order valence-electron chi connectivity index (χ2n) is 4.37. The Morgan fingerprint density at radius 1 is 1.56 bits per heavy atom. The van der Waals surface area contributed by atoms with Gasteiger partial charge in [-0.15, -0.1) is 5.10 Å². The Morgan fingerprint density at radius 2 is 2.39 bits per heavy atom. The Hall–Kier alpha value is -2.15. The number of hydrogen-bond acceptors (Lipinski definition) is 5. The summed E-state index contributed by atoms with van der Waals surface area (Å²) >= 11 is 0. The van der Waals surface area contributed by atoms with Gasteiger partial charge in [0.1, 0.15) is 0 Å². The molecule has 94 valence electrons. The number of nitrogens with zero attached hydrogens (tertiary/aromatic N) is 4. The zero-order chi connectivity index (χ0) is 12.5. The van der Waals surface area contributed by atoms with Crippen LogP contribution in [-0.2, 0) is 6.54 Å². The number of hydrogen-bond donors (Lipinski definition) is 1. The van der Waals surface area contributed by atoms with E-state index in [2.05, 4.69) is 15.2 Å². The standard InChI is InChI=1S/C11H12N4O3/c16-11(17)10-6-15(13-12-10)9-4-14(5-9)3-8-1-2-18-7-8/h1-2,6-7,9H,3-5H2,(H,16,17). The SMILES string of the molecule is O=C(O)c1cn(C2CN(Cc3ccoc3)C2)nn1. The van der Waals surface area contributed by atoms with Gasteiger partial charge in [-0.3, -0.25) is 4.90 Å². The Balaban J connectivity index is 1.56. The normalized spacial score (nSPS) is 16.7. The summed E-state index contributed by atoms with van der Waals surface area (Å²) in [5.74, 6) is -1.05. The predicted molar refractivity (Wildman–Crippen MR) is 60.0 cm³/mol. The molecule has 2 aromatic rings. The Morgan fingerprint density at radius 3 is 3.00 bits per heavy atom. The fourth-order valence-electron chi connectivity index (χ4n) is 2.03. The molecule has 1 saturated heterocycles. The predicted octanol–water partition coefficient (Wildman–Crippen LogP) is 0.626. The molecule has 0 saturated carbocycles. The molecule has 3 rings (SSSR count). The second-order valence-corrected chi connectivity index (χ2v) is 4.37. The van der Waals surface area contributed by atoms with Gasteiger partial charge in [0.2, 0.25) is 0 Å². The Bertz CT molecular complexity index is 542. The molecule has 1 N–H and O–H groups in total. The number of carbonyl (C=O) groups is 1. The zero-order valence-corrected chi connectivity index (χ0v) is 9.56. The summed E-state index contributed by atoms with van der Waals surface area (Å²) in [5, 5.41) is 16.2. The lowest BCUT2D eigenvalue weighted by Gasteiger charge is -2.38. The van der Waals surface area contributed by atoms with Crippen LogP contribution in [0.5, 0.6) is 0 Å². The van der Waals surface area contributed by atoms with E-state index in [0.29, 0.717) is 0 Å². The minimum atomic E-state index is -1.05. The fraction of sp³-hybridized carbons (Fsp3) is 0.364. The second kappa shape index (κ2) is 4.26. The van der Waals surface area contributed by atoms with Crippen LogP contribution in [0.15, 0.2) is 29.2 Å². The molecule has 1 aliphatic rings. The van der Waals surface area contributed by atoms with Gasteiger partial charge >= 0.3 is 5.97 Å². The van der Waals surface area contributed by atoms with Crippen molar-refractivity contribution in [3.63, 3.8) is 0 Å². The lowest BCUT2D eigenvalue weighted by atomic mass is 10.1. The third-order valence-electron chi connectivity index (χ3n) is 3.03. The molecule has 7 nitrogen and oxygen atoms in total. The molecule has 0 amide bonds. The minimum absolute atomic E-state index is 0.0108. The summed E-state index contributed by atoms with van der Waals surface area (Å²) in [6.07, 6.45) is 4.86. The lowest BCUT2D eigenvalue weighted by molar-refractivity contribution is 0.0690. The highest BCUT2D eigenvalue weighted by Crippen LogP contribution is 2.22. The Labute approximate surface area is 103 Å². The highest BCUT2D eigenvalue weighted by atomic mass is 16.4. The van der Waals surface area contributed by atoms with E-state index in [9.17, 15) is 4.79 Å². The van der Waals surface area contributed by atoms with E-state index in [4.69, 9.17) is 9.52 Å². The third-order valence-corrected chi connectivity index (χ3v) is 3.03. The van der Waals surface area contributed by atoms with Crippen LogP contribution in [0.3, 0.4) is 0 Å². The smallest absolute Gasteiger partial charge is 0.358 e. The van der Waals surface area contributed by atoms with Crippen molar-refractivity contribution in [2.45, 2.75) is 12.6 Å². The molecule has 1 fully saturated rings. The van der Waals surface area contributed by atoms with Crippen molar-refractivity contribution < 1.29 is 14.3 Å². The van der Waals surface area contributed by atoms with Crippen molar-refractivity contribution in [1.29, 1.82) is 0 Å². The average Bonchev–Trinajstić information content (AvgIpc) is 2.94. The van der Waals surface area contributed by atoms with Crippen LogP contribution in [0.2, 0.25) is 0 Å². The van der Waals surface area contributed by atoms with E-state index >= 15 is 0 Å². The molecule has 0 aromatic carbocycles. The monoisotopic (exact) mass is 248 g/mol. The van der Waals surface area contributed by atoms with E-state index in [-0.39, 0.29) is 11.7 Å². The van der Waals surface area contributed by atoms with E-state index < -0.39 is 5.97 Å². The number of rotatable bonds is 4. The first-order chi connectivity index (χ1) is 8.72. The number of furan rings is 1. The van der Waals surface area contributed by atoms with Crippen molar-refractivity contribution in [2.24, 2.45) is 0 Å². The van der Waals surface area contributed by atoms with E-state index in [1.165, 1.54) is 6.20 Å². The highest BCUT2D eigenvalue weighted by molar-refractivity contribution is 5.84. The first-order valence-electron chi connectivity index (χ1n) is 5.61. The quantitative estimate of drug-likeness (QED) is 0.854. The van der Waals surface area contributed by atoms with Gasteiger partial charge in [-0.1, -0.05) is 5.21 Å². The van der Waals surface area contributed by atoms with Gasteiger partial charge in [0.25, 0.3) is 0 Å². The van der Waals surface area contributed by atoms with E-state index in [0.717, 1.165) is 25.2 Å². The molecule has 3 heterocycles. The van der Waals surface area contributed by atoms with Crippen molar-refractivity contribution in [3.05, 3.63) is 36.0 Å². The summed E-state index contributed by atoms with van der Waals surface area (Å²) in [5.41, 5.74) is 1.13. The molecular weight excluding hydrogens is 236 g/mol. The summed E-state index contributed by atoms with van der Waals surface area (Å²) < 4.78 is 6.63. The van der Waals surface area contributed by atoms with Crippen LogP contribution >= 0.6 is 0 Å². The van der Waals surface area contributed by atoms with Gasteiger partial charge in [-0.25, -0.2) is 9.48 Å². The van der Waals surface area contributed by atoms with Crippen LogP contribution in [0, 0.1) is 0 Å². The number of aromatic carboxylic acids is 1. The number of carboxylic acids is 1. The van der Waals surface area contributed by atoms with Crippen molar-refractivity contribution in [1.82, 2.24) is 19.9 Å². The van der Waals surface area contributed by atoms with Gasteiger partial charge < -0.3 is 9.52 Å². The van der Waals surface area contributed by atoms with Gasteiger partial charge in [0.15, 0.2) is 5.69 Å². The number of likely N-dealkylation sites (tertiary alicyclic amines) is 1. The van der Waals surface area contributed by atoms with Crippen molar-refractivity contribution in [2.75, 3.05) is 13.1 Å². The summed E-state index contributed by atoms with van der Waals surface area (Å²) in [6, 6.07) is 2.14. The molecule has 0 bridgehead atoms. The van der Waals surface area contributed by atoms with Crippen LogP contribution < -0.4 is 0 Å². The molecule has 0 spiro atoms. The maximum Gasteiger partial charge on any atom is 0.358 e. The molecule has 18 heavy (non-hydrogen) atoms. The zero-order valence-electron chi connectivity index (χ0n) is 9.56. The molecule has 7 heteroatoms. The topological polar surface area (TPSA) is 84.4 Å². The number of aromatic nitrogens is 3. The molecular formula is C11H12N4O3. The molecule has 0 unspecified atom stereocenters. The van der Waals surface area contributed by atoms with Gasteiger partial charge in [-0.2, -0.15) is 0 Å². The fourth-order valence-corrected chi connectivity index (χ4v) is 2.03. The van der Waals surface area contributed by atoms with Crippen LogP contribution in [0.4, 0.5) is 0 Å². The molecule has 0 radical (unpaired) electrons. The van der Waals surface area contributed by atoms with Crippen LogP contribution in [0.25, 0.3) is 0 Å². The summed E-state index contributed by atoms with van der Waals surface area (Å²) in [7, 11) is 0. The maximum atomic E-state index is 10.7. The highest BCUT2D eigenvalue weighted by Gasteiger charge is 2.29. The Kier molecular flexibility index (Phi) is 2.60. The van der Waals surface area contributed by atoms with Crippen molar-refractivity contribution in [3.8, 4) is 0 Å². The largest absolute Gasteiger partial charge is 0.476 e. The number of carboxylic acid groups (broad SMARTS) is 1. The first-order valence-corrected chi connectivity index (χ1v) is 5.61. The minimum Gasteiger partial charge on any atom is -0.476 e. The van der Waals surface area contributed by atoms with Gasteiger partial charge in [0.05, 0.1) is 24.8 Å². The van der Waals surface area contributed by atoms with Crippen LogP contribution in [-0.4, -0.2) is 44.1 Å². The molecule has 0 atom stereocenters. The summed E-state index contributed by atoms with van der Waals surface area (Å²) in [6.45, 7) is 2.52.